The summed E-state index contributed by atoms with van der Waals surface area (Å²) in [4.78, 5) is 19.5. The zero-order valence-corrected chi connectivity index (χ0v) is 15.7. The van der Waals surface area contributed by atoms with Crippen LogP contribution in [0.2, 0.25) is 5.02 Å². The van der Waals surface area contributed by atoms with Crippen molar-refractivity contribution in [3.05, 3.63) is 17.2 Å². The lowest BCUT2D eigenvalue weighted by Crippen LogP contribution is -2.43. The Kier molecular flexibility index (Phi) is 4.84. The summed E-state index contributed by atoms with van der Waals surface area (Å²) >= 11 is 7.79. The Labute approximate surface area is 155 Å². The summed E-state index contributed by atoms with van der Waals surface area (Å²) in [6.45, 7) is 1.34. The Morgan fingerprint density at radius 2 is 2.24 bits per heavy atom. The van der Waals surface area contributed by atoms with E-state index < -0.39 is 0 Å². The van der Waals surface area contributed by atoms with Crippen molar-refractivity contribution in [2.24, 2.45) is 5.92 Å². The van der Waals surface area contributed by atoms with E-state index in [1.165, 1.54) is 11.3 Å². The second kappa shape index (κ2) is 7.09. The zero-order chi connectivity index (χ0) is 17.4. The fourth-order valence-electron chi connectivity index (χ4n) is 3.35. The van der Waals surface area contributed by atoms with Gasteiger partial charge in [-0.2, -0.15) is 0 Å². The molecule has 1 aliphatic carbocycles. The van der Waals surface area contributed by atoms with Gasteiger partial charge in [-0.25, -0.2) is 4.98 Å². The van der Waals surface area contributed by atoms with Gasteiger partial charge in [0.05, 0.1) is 29.5 Å². The molecule has 1 aliphatic heterocycles. The van der Waals surface area contributed by atoms with Gasteiger partial charge in [-0.15, -0.1) is 0 Å². The van der Waals surface area contributed by atoms with Gasteiger partial charge in [0.1, 0.15) is 11.3 Å². The number of carbonyl (C=O) groups excluding carboxylic acids is 1. The van der Waals surface area contributed by atoms with E-state index in [0.717, 1.165) is 43.4 Å². The Morgan fingerprint density at radius 3 is 2.88 bits per heavy atom. The van der Waals surface area contributed by atoms with Crippen LogP contribution in [0, 0.1) is 5.92 Å². The number of nitrogens with zero attached hydrogens (tertiary/aromatic N) is 2. The summed E-state index contributed by atoms with van der Waals surface area (Å²) in [7, 11) is 1.62. The fraction of sp³-hybridized carbons (Fsp3) is 0.556. The standard InChI is InChI=1S/C18H21ClN2O3S/c1-23-14-8-7-13(19)16-15(14)20-18(25-16)21(10-12-6-3-9-24-12)17(22)11-4-2-5-11/h7-8,11-12H,2-6,9-10H2,1H3. The third-order valence-corrected chi connectivity index (χ3v) is 6.57. The first-order chi connectivity index (χ1) is 12.2. The lowest BCUT2D eigenvalue weighted by Gasteiger charge is -2.31. The van der Waals surface area contributed by atoms with E-state index in [-0.39, 0.29) is 17.9 Å². The van der Waals surface area contributed by atoms with Crippen LogP contribution in [0.15, 0.2) is 12.1 Å². The number of hydrogen-bond acceptors (Lipinski definition) is 5. The molecule has 2 heterocycles. The molecule has 1 unspecified atom stereocenters. The number of halogens is 1. The van der Waals surface area contributed by atoms with E-state index in [1.54, 1.807) is 7.11 Å². The zero-order valence-electron chi connectivity index (χ0n) is 14.2. The summed E-state index contributed by atoms with van der Waals surface area (Å²) in [5.41, 5.74) is 0.716. The quantitative estimate of drug-likeness (QED) is 0.777. The van der Waals surface area contributed by atoms with Crippen molar-refractivity contribution in [1.29, 1.82) is 0 Å². The summed E-state index contributed by atoms with van der Waals surface area (Å²) in [5, 5.41) is 1.32. The van der Waals surface area contributed by atoms with Gasteiger partial charge < -0.3 is 9.47 Å². The first-order valence-corrected chi connectivity index (χ1v) is 9.93. The van der Waals surface area contributed by atoms with E-state index >= 15 is 0 Å². The molecule has 1 saturated carbocycles. The monoisotopic (exact) mass is 380 g/mol. The van der Waals surface area contributed by atoms with Crippen molar-refractivity contribution in [2.45, 2.75) is 38.2 Å². The fourth-order valence-corrected chi connectivity index (χ4v) is 4.62. The Morgan fingerprint density at radius 1 is 1.40 bits per heavy atom. The largest absolute Gasteiger partial charge is 0.494 e. The van der Waals surface area contributed by atoms with E-state index in [0.29, 0.717) is 28.0 Å². The summed E-state index contributed by atoms with van der Waals surface area (Å²) in [5.74, 6) is 0.955. The Hall–Kier alpha value is -1.37. The molecule has 0 N–H and O–H groups in total. The van der Waals surface area contributed by atoms with Gasteiger partial charge in [0.15, 0.2) is 5.13 Å². The Bertz CT molecular complexity index is 784. The minimum atomic E-state index is 0.0911. The molecule has 0 bridgehead atoms. The number of anilines is 1. The third kappa shape index (κ3) is 3.23. The Balaban J connectivity index is 1.71. The summed E-state index contributed by atoms with van der Waals surface area (Å²) in [6, 6.07) is 3.62. The maximum absolute atomic E-state index is 13.0. The van der Waals surface area contributed by atoms with Crippen LogP contribution in [-0.2, 0) is 9.53 Å². The van der Waals surface area contributed by atoms with Crippen molar-refractivity contribution >= 4 is 44.2 Å². The molecule has 1 saturated heterocycles. The molecule has 2 aliphatic rings. The van der Waals surface area contributed by atoms with Crippen molar-refractivity contribution in [2.75, 3.05) is 25.2 Å². The van der Waals surface area contributed by atoms with Crippen molar-refractivity contribution in [3.63, 3.8) is 0 Å². The molecular formula is C18H21ClN2O3S. The highest BCUT2D eigenvalue weighted by atomic mass is 35.5. The van der Waals surface area contributed by atoms with Crippen LogP contribution in [0.25, 0.3) is 10.2 Å². The molecule has 2 aromatic rings. The van der Waals surface area contributed by atoms with E-state index in [1.807, 2.05) is 17.0 Å². The highest BCUT2D eigenvalue weighted by molar-refractivity contribution is 7.23. The molecular weight excluding hydrogens is 360 g/mol. The number of hydrogen-bond donors (Lipinski definition) is 0. The molecule has 0 radical (unpaired) electrons. The molecule has 0 spiro atoms. The first-order valence-electron chi connectivity index (χ1n) is 8.73. The molecule has 4 rings (SSSR count). The minimum Gasteiger partial charge on any atom is -0.494 e. The third-order valence-electron chi connectivity index (χ3n) is 5.03. The number of amides is 1. The number of thiazole rings is 1. The van der Waals surface area contributed by atoms with Gasteiger partial charge in [-0.05, 0) is 37.8 Å². The second-order valence-corrected chi connectivity index (χ2v) is 8.02. The van der Waals surface area contributed by atoms with Crippen molar-refractivity contribution < 1.29 is 14.3 Å². The highest BCUT2D eigenvalue weighted by Gasteiger charge is 2.34. The van der Waals surface area contributed by atoms with E-state index in [9.17, 15) is 4.79 Å². The number of aromatic nitrogens is 1. The van der Waals surface area contributed by atoms with Gasteiger partial charge in [0.25, 0.3) is 0 Å². The van der Waals surface area contributed by atoms with Gasteiger partial charge in [0, 0.05) is 12.5 Å². The number of methoxy groups -OCH3 is 1. The molecule has 2 fully saturated rings. The summed E-state index contributed by atoms with van der Waals surface area (Å²) in [6.07, 6.45) is 5.20. The number of ether oxygens (including phenoxy) is 2. The molecule has 5 nitrogen and oxygen atoms in total. The van der Waals surface area contributed by atoms with Crippen LogP contribution in [0.4, 0.5) is 5.13 Å². The summed E-state index contributed by atoms with van der Waals surface area (Å²) < 4.78 is 12.0. The SMILES string of the molecule is COc1ccc(Cl)c2sc(N(CC3CCCO3)C(=O)C3CCC3)nc12. The van der Waals surface area contributed by atoms with Crippen LogP contribution in [-0.4, -0.2) is 37.3 Å². The van der Waals surface area contributed by atoms with Crippen LogP contribution in [0.3, 0.4) is 0 Å². The molecule has 1 atom stereocenters. The van der Waals surface area contributed by atoms with Gasteiger partial charge in [-0.1, -0.05) is 29.4 Å². The average Bonchev–Trinajstić information content (AvgIpc) is 3.21. The number of carbonyl (C=O) groups is 1. The first kappa shape index (κ1) is 17.1. The van der Waals surface area contributed by atoms with Crippen molar-refractivity contribution in [1.82, 2.24) is 4.98 Å². The maximum atomic E-state index is 13.0. The lowest BCUT2D eigenvalue weighted by molar-refractivity contribution is -0.125. The number of rotatable bonds is 5. The van der Waals surface area contributed by atoms with E-state index in [2.05, 4.69) is 0 Å². The maximum Gasteiger partial charge on any atom is 0.231 e. The van der Waals surface area contributed by atoms with Gasteiger partial charge in [0.2, 0.25) is 5.91 Å². The topological polar surface area (TPSA) is 51.7 Å². The molecule has 1 aromatic heterocycles. The molecule has 134 valence electrons. The predicted octanol–water partition coefficient (Wildman–Crippen LogP) is 4.27. The smallest absolute Gasteiger partial charge is 0.231 e. The lowest BCUT2D eigenvalue weighted by atomic mass is 9.84. The number of benzene rings is 1. The second-order valence-electron chi connectivity index (χ2n) is 6.64. The molecule has 25 heavy (non-hydrogen) atoms. The molecule has 1 amide bonds. The normalized spacial score (nSPS) is 20.6. The highest BCUT2D eigenvalue weighted by Crippen LogP contribution is 2.40. The predicted molar refractivity (Wildman–Crippen MR) is 99.9 cm³/mol. The van der Waals surface area contributed by atoms with Crippen LogP contribution in [0.1, 0.15) is 32.1 Å². The van der Waals surface area contributed by atoms with Crippen LogP contribution in [0.5, 0.6) is 5.75 Å². The van der Waals surface area contributed by atoms with Gasteiger partial charge >= 0.3 is 0 Å². The van der Waals surface area contributed by atoms with Gasteiger partial charge in [-0.3, -0.25) is 9.69 Å². The average molecular weight is 381 g/mol. The number of fused-ring (bicyclic) bond motifs is 1. The van der Waals surface area contributed by atoms with Crippen molar-refractivity contribution in [3.8, 4) is 5.75 Å². The molecule has 7 heteroatoms. The van der Waals surface area contributed by atoms with Crippen LogP contribution >= 0.6 is 22.9 Å². The molecule has 1 aromatic carbocycles. The minimum absolute atomic E-state index is 0.0911. The van der Waals surface area contributed by atoms with Crippen LogP contribution < -0.4 is 9.64 Å². The van der Waals surface area contributed by atoms with E-state index in [4.69, 9.17) is 26.1 Å².